The minimum Gasteiger partial charge on any atom is -0.481 e. The van der Waals surface area contributed by atoms with E-state index in [-0.39, 0.29) is 5.92 Å². The second kappa shape index (κ2) is 5.19. The number of nitrogens with zero attached hydrogens (tertiary/aromatic N) is 3. The van der Waals surface area contributed by atoms with Gasteiger partial charge in [-0.05, 0) is 22.2 Å². The van der Waals surface area contributed by atoms with E-state index >= 15 is 0 Å². The van der Waals surface area contributed by atoms with Crippen LogP contribution in [-0.2, 0) is 11.3 Å². The molecule has 2 aliphatic rings. The van der Waals surface area contributed by atoms with Crippen LogP contribution in [0.3, 0.4) is 0 Å². The van der Waals surface area contributed by atoms with Gasteiger partial charge < -0.3 is 5.11 Å². The van der Waals surface area contributed by atoms with Crippen molar-refractivity contribution in [3.05, 3.63) is 34.2 Å². The first-order chi connectivity index (χ1) is 7.57. The molecule has 0 spiro atoms. The lowest BCUT2D eigenvalue weighted by Gasteiger charge is -1.89. The number of aliphatic carboxylic acids is 1. The highest BCUT2D eigenvalue weighted by atomic mass is 16.4. The van der Waals surface area contributed by atoms with Crippen LogP contribution >= 0.6 is 0 Å². The van der Waals surface area contributed by atoms with Crippen LogP contribution in [0.1, 0.15) is 19.4 Å². The van der Waals surface area contributed by atoms with Crippen molar-refractivity contribution in [1.82, 2.24) is 0 Å². The Kier molecular flexibility index (Phi) is 3.91. The molecule has 84 valence electrons. The van der Waals surface area contributed by atoms with Crippen LogP contribution in [0.4, 0.5) is 0 Å². The molecule has 16 heavy (non-hydrogen) atoms. The summed E-state index contributed by atoms with van der Waals surface area (Å²) >= 11 is 0. The van der Waals surface area contributed by atoms with Gasteiger partial charge >= 0.3 is 5.97 Å². The number of fused-ring (bicyclic) bond motifs is 1. The normalized spacial score (nSPS) is 9.94. The van der Waals surface area contributed by atoms with Gasteiger partial charge in [0.05, 0.1) is 12.5 Å². The number of azide groups is 1. The summed E-state index contributed by atoms with van der Waals surface area (Å²) in [5, 5.41) is 11.5. The quantitative estimate of drug-likeness (QED) is 0.488. The maximum atomic E-state index is 9.70. The molecule has 0 unspecified atom stereocenters. The second-order valence-electron chi connectivity index (χ2n) is 3.71. The summed E-state index contributed by atoms with van der Waals surface area (Å²) in [7, 11) is 0. The zero-order valence-corrected chi connectivity index (χ0v) is 9.21. The lowest BCUT2D eigenvalue weighted by molar-refractivity contribution is -0.140. The fourth-order valence-corrected chi connectivity index (χ4v) is 1.15. The molecule has 2 rings (SSSR count). The molecule has 0 amide bonds. The zero-order chi connectivity index (χ0) is 12.1. The summed E-state index contributed by atoms with van der Waals surface area (Å²) in [5.74, 6) is -0.972. The molecule has 1 N–H and O–H groups in total. The number of carbonyl (C=O) groups is 1. The third-order valence-corrected chi connectivity index (χ3v) is 2.19. The van der Waals surface area contributed by atoms with Crippen molar-refractivity contribution in [3.63, 3.8) is 0 Å². The second-order valence-corrected chi connectivity index (χ2v) is 3.71. The summed E-state index contributed by atoms with van der Waals surface area (Å²) in [6, 6.07) is 6.08. The van der Waals surface area contributed by atoms with Crippen molar-refractivity contribution in [3.8, 4) is 11.1 Å². The van der Waals surface area contributed by atoms with Crippen LogP contribution in [-0.4, -0.2) is 11.1 Å². The van der Waals surface area contributed by atoms with Gasteiger partial charge in [-0.3, -0.25) is 4.79 Å². The summed E-state index contributed by atoms with van der Waals surface area (Å²) in [4.78, 5) is 12.4. The minimum atomic E-state index is -0.741. The van der Waals surface area contributed by atoms with E-state index in [0.29, 0.717) is 6.54 Å². The molecule has 0 heterocycles. The largest absolute Gasteiger partial charge is 0.481 e. The van der Waals surface area contributed by atoms with Gasteiger partial charge in [-0.15, -0.1) is 0 Å². The molecule has 0 aromatic heterocycles. The maximum Gasteiger partial charge on any atom is 0.305 e. The Morgan fingerprint density at radius 3 is 2.38 bits per heavy atom. The standard InChI is InChI=1S/C7H5N3.C4H8O2/c8-10-9-4-7-5-2-1-3-6(5)7;1-3(2)4(5)6/h1-3H,4H2;3H,1-2H3,(H,5,6). The van der Waals surface area contributed by atoms with Gasteiger partial charge in [-0.25, -0.2) is 0 Å². The van der Waals surface area contributed by atoms with E-state index in [1.807, 2.05) is 18.2 Å². The number of benzene rings is 1. The average molecular weight is 219 g/mol. The van der Waals surface area contributed by atoms with Crippen molar-refractivity contribution in [2.24, 2.45) is 11.0 Å². The van der Waals surface area contributed by atoms with E-state index in [2.05, 4.69) is 10.0 Å². The van der Waals surface area contributed by atoms with Gasteiger partial charge in [-0.2, -0.15) is 0 Å². The van der Waals surface area contributed by atoms with Crippen LogP contribution in [0, 0.1) is 5.92 Å². The highest BCUT2D eigenvalue weighted by molar-refractivity contribution is 5.89. The van der Waals surface area contributed by atoms with E-state index in [1.165, 1.54) is 16.7 Å². The fraction of sp³-hybridized carbons (Fsp3) is 0.364. The zero-order valence-electron chi connectivity index (χ0n) is 9.21. The SMILES string of the molecule is CC(C)C(=O)O.[N-]=[N+]=NCc1c2cccc1-2. The third-order valence-electron chi connectivity index (χ3n) is 2.19. The molecule has 0 saturated carbocycles. The number of rotatable bonds is 3. The Morgan fingerprint density at radius 1 is 1.50 bits per heavy atom. The first-order valence-electron chi connectivity index (χ1n) is 4.93. The van der Waals surface area contributed by atoms with Crippen LogP contribution < -0.4 is 0 Å². The van der Waals surface area contributed by atoms with Crippen molar-refractivity contribution in [1.29, 1.82) is 0 Å². The van der Waals surface area contributed by atoms with Gasteiger partial charge in [-0.1, -0.05) is 37.2 Å². The summed E-state index contributed by atoms with van der Waals surface area (Å²) in [6.07, 6.45) is 0. The number of carboxylic acid groups (broad SMARTS) is 1. The molecule has 5 heteroatoms. The molecular weight excluding hydrogens is 206 g/mol. The van der Waals surface area contributed by atoms with Crippen LogP contribution in [0.5, 0.6) is 0 Å². The van der Waals surface area contributed by atoms with E-state index < -0.39 is 5.97 Å². The fourth-order valence-electron chi connectivity index (χ4n) is 1.15. The monoisotopic (exact) mass is 219 g/mol. The van der Waals surface area contributed by atoms with E-state index in [0.717, 1.165) is 0 Å². The predicted molar refractivity (Wildman–Crippen MR) is 60.8 cm³/mol. The van der Waals surface area contributed by atoms with Crippen molar-refractivity contribution in [2.45, 2.75) is 20.4 Å². The lowest BCUT2D eigenvalue weighted by atomic mass is 10.2. The first-order valence-corrected chi connectivity index (χ1v) is 4.93. The molecule has 0 saturated heterocycles. The van der Waals surface area contributed by atoms with Crippen molar-refractivity contribution >= 4 is 5.97 Å². The Balaban J connectivity index is 0.000000187. The molecule has 0 aromatic carbocycles. The summed E-state index contributed by atoms with van der Waals surface area (Å²) < 4.78 is 0. The highest BCUT2D eigenvalue weighted by Gasteiger charge is 2.21. The van der Waals surface area contributed by atoms with Gasteiger partial charge in [0.25, 0.3) is 0 Å². The molecule has 0 atom stereocenters. The molecule has 2 aliphatic carbocycles. The van der Waals surface area contributed by atoms with Gasteiger partial charge in [0.2, 0.25) is 0 Å². The average Bonchev–Trinajstić information content (AvgIpc) is 2.69. The predicted octanol–water partition coefficient (Wildman–Crippen LogP) is 3.20. The topological polar surface area (TPSA) is 86.1 Å². The Labute approximate surface area is 93.3 Å². The highest BCUT2D eigenvalue weighted by Crippen LogP contribution is 2.42. The van der Waals surface area contributed by atoms with E-state index in [9.17, 15) is 4.79 Å². The molecule has 0 radical (unpaired) electrons. The molecule has 0 aromatic rings. The van der Waals surface area contributed by atoms with Crippen LogP contribution in [0.25, 0.3) is 21.6 Å². The summed E-state index contributed by atoms with van der Waals surface area (Å²) in [6.45, 7) is 3.80. The molecule has 0 fully saturated rings. The number of carboxylic acids is 1. The number of hydrogen-bond donors (Lipinski definition) is 1. The minimum absolute atomic E-state index is 0.231. The smallest absolute Gasteiger partial charge is 0.305 e. The Bertz CT molecular complexity index is 428. The van der Waals surface area contributed by atoms with Crippen molar-refractivity contribution in [2.75, 3.05) is 0 Å². The molecule has 0 bridgehead atoms. The van der Waals surface area contributed by atoms with Crippen LogP contribution in [0.2, 0.25) is 0 Å². The first kappa shape index (κ1) is 12.1. The van der Waals surface area contributed by atoms with E-state index in [4.69, 9.17) is 10.6 Å². The maximum absolute atomic E-state index is 9.70. The number of hydrogen-bond acceptors (Lipinski definition) is 2. The Morgan fingerprint density at radius 2 is 2.00 bits per heavy atom. The van der Waals surface area contributed by atoms with Gasteiger partial charge in [0.1, 0.15) is 0 Å². The molecule has 0 aliphatic heterocycles. The molecular formula is C11H13N3O2. The Hall–Kier alpha value is -2.00. The molecule has 5 nitrogen and oxygen atoms in total. The third kappa shape index (κ3) is 3.00. The van der Waals surface area contributed by atoms with E-state index in [1.54, 1.807) is 13.8 Å². The van der Waals surface area contributed by atoms with Gasteiger partial charge in [0, 0.05) is 4.91 Å². The van der Waals surface area contributed by atoms with Crippen molar-refractivity contribution < 1.29 is 9.90 Å². The van der Waals surface area contributed by atoms with Gasteiger partial charge in [0.15, 0.2) is 0 Å². The lowest BCUT2D eigenvalue weighted by Crippen LogP contribution is -2.03. The summed E-state index contributed by atoms with van der Waals surface area (Å²) in [5.41, 5.74) is 11.8. The van der Waals surface area contributed by atoms with Crippen LogP contribution in [0.15, 0.2) is 23.3 Å².